The molecule has 148 valence electrons. The first-order chi connectivity index (χ1) is 12.7. The number of aryl methyl sites for hydroxylation is 1. The topological polar surface area (TPSA) is 123 Å². The van der Waals surface area contributed by atoms with Gasteiger partial charge < -0.3 is 15.0 Å². The summed E-state index contributed by atoms with van der Waals surface area (Å²) in [6, 6.07) is 2.78. The maximum absolute atomic E-state index is 12.2. The van der Waals surface area contributed by atoms with Crippen LogP contribution >= 0.6 is 0 Å². The lowest BCUT2D eigenvalue weighted by Gasteiger charge is -2.21. The summed E-state index contributed by atoms with van der Waals surface area (Å²) in [5.74, 6) is -1.66. The minimum absolute atomic E-state index is 0.0538. The molecule has 0 radical (unpaired) electrons. The van der Waals surface area contributed by atoms with Crippen LogP contribution < -0.4 is 5.32 Å². The van der Waals surface area contributed by atoms with Crippen LogP contribution in [0.4, 0.5) is 0 Å². The molecule has 0 unspecified atom stereocenters. The van der Waals surface area contributed by atoms with E-state index in [0.29, 0.717) is 6.42 Å². The van der Waals surface area contributed by atoms with Gasteiger partial charge in [-0.2, -0.15) is 0 Å². The maximum Gasteiger partial charge on any atom is 0.340 e. The number of aromatic nitrogens is 1. The zero-order chi connectivity index (χ0) is 20.0. The van der Waals surface area contributed by atoms with E-state index in [-0.39, 0.29) is 30.2 Å². The lowest BCUT2D eigenvalue weighted by atomic mass is 10.2. The van der Waals surface area contributed by atoms with Crippen LogP contribution in [0.5, 0.6) is 0 Å². The minimum atomic E-state index is -3.10. The number of nitrogens with zero attached hydrogens (tertiary/aromatic N) is 2. The third kappa shape index (κ3) is 6.31. The van der Waals surface area contributed by atoms with E-state index < -0.39 is 40.3 Å². The smallest absolute Gasteiger partial charge is 0.340 e. The van der Waals surface area contributed by atoms with Crippen LogP contribution in [-0.4, -0.2) is 73.3 Å². The van der Waals surface area contributed by atoms with Gasteiger partial charge in [0, 0.05) is 24.5 Å². The third-order valence-electron chi connectivity index (χ3n) is 4.14. The predicted octanol–water partition coefficient (Wildman–Crippen LogP) is -0.301. The summed E-state index contributed by atoms with van der Waals surface area (Å²) >= 11 is 0. The van der Waals surface area contributed by atoms with Crippen LogP contribution in [0, 0.1) is 6.92 Å². The van der Waals surface area contributed by atoms with E-state index >= 15 is 0 Å². The van der Waals surface area contributed by atoms with E-state index in [4.69, 9.17) is 4.74 Å². The summed E-state index contributed by atoms with van der Waals surface area (Å²) in [5, 5.41) is 2.62. The number of amides is 2. The van der Waals surface area contributed by atoms with Gasteiger partial charge in [-0.15, -0.1) is 0 Å². The quantitative estimate of drug-likeness (QED) is 0.627. The van der Waals surface area contributed by atoms with Crippen LogP contribution in [0.25, 0.3) is 0 Å². The number of sulfone groups is 1. The van der Waals surface area contributed by atoms with Crippen LogP contribution in [0.1, 0.15) is 29.4 Å². The molecular formula is C17H23N3O6S. The predicted molar refractivity (Wildman–Crippen MR) is 96.7 cm³/mol. The van der Waals surface area contributed by atoms with Gasteiger partial charge in [0.15, 0.2) is 16.4 Å². The Morgan fingerprint density at radius 2 is 2.07 bits per heavy atom. The Labute approximate surface area is 158 Å². The number of carbonyl (C=O) groups excluding carboxylic acids is 3. The first kappa shape index (κ1) is 20.8. The van der Waals surface area contributed by atoms with Crippen molar-refractivity contribution in [3.63, 3.8) is 0 Å². The summed E-state index contributed by atoms with van der Waals surface area (Å²) < 4.78 is 27.8. The van der Waals surface area contributed by atoms with Gasteiger partial charge in [-0.3, -0.25) is 14.6 Å². The molecule has 2 amide bonds. The number of esters is 1. The molecule has 0 aromatic carbocycles. The highest BCUT2D eigenvalue weighted by molar-refractivity contribution is 7.91. The normalized spacial score (nSPS) is 17.9. The van der Waals surface area contributed by atoms with Gasteiger partial charge >= 0.3 is 5.97 Å². The Morgan fingerprint density at radius 1 is 1.33 bits per heavy atom. The molecule has 2 rings (SSSR count). The molecular weight excluding hydrogens is 374 g/mol. The molecule has 1 atom stereocenters. The third-order valence-corrected chi connectivity index (χ3v) is 5.91. The molecule has 1 fully saturated rings. The fourth-order valence-electron chi connectivity index (χ4n) is 2.62. The highest BCUT2D eigenvalue weighted by Gasteiger charge is 2.29. The standard InChI is InChI=1S/C17H23N3O6S/c1-3-20(9-15(21)19-14-6-7-27(24,25)11-14)16(22)10-26-17(23)13-5-4-12(2)18-8-13/h4-5,8,14H,3,6-7,9-11H2,1-2H3,(H,19,21)/t14-/m0/s1. The largest absolute Gasteiger partial charge is 0.452 e. The van der Waals surface area contributed by atoms with Crippen LogP contribution in [0.2, 0.25) is 0 Å². The summed E-state index contributed by atoms with van der Waals surface area (Å²) in [4.78, 5) is 41.4. The van der Waals surface area contributed by atoms with Crippen molar-refractivity contribution >= 4 is 27.6 Å². The van der Waals surface area contributed by atoms with Crippen molar-refractivity contribution in [3.8, 4) is 0 Å². The molecule has 1 saturated heterocycles. The number of hydrogen-bond acceptors (Lipinski definition) is 7. The van der Waals surface area contributed by atoms with Crippen molar-refractivity contribution in [1.82, 2.24) is 15.2 Å². The van der Waals surface area contributed by atoms with E-state index in [9.17, 15) is 22.8 Å². The Balaban J connectivity index is 1.81. The van der Waals surface area contributed by atoms with Crippen LogP contribution in [0.3, 0.4) is 0 Å². The van der Waals surface area contributed by atoms with E-state index in [0.717, 1.165) is 5.69 Å². The molecule has 1 aromatic rings. The Morgan fingerprint density at radius 3 is 2.63 bits per heavy atom. The van der Waals surface area contributed by atoms with Crippen molar-refractivity contribution in [2.24, 2.45) is 0 Å². The zero-order valence-electron chi connectivity index (χ0n) is 15.3. The van der Waals surface area contributed by atoms with E-state index in [2.05, 4.69) is 10.3 Å². The molecule has 0 aliphatic carbocycles. The minimum Gasteiger partial charge on any atom is -0.452 e. The lowest BCUT2D eigenvalue weighted by molar-refractivity contribution is -0.138. The highest BCUT2D eigenvalue weighted by atomic mass is 32.2. The summed E-state index contributed by atoms with van der Waals surface area (Å²) in [6.45, 7) is 3.00. The average Bonchev–Trinajstić information content (AvgIpc) is 2.96. The Bertz CT molecular complexity index is 806. The lowest BCUT2D eigenvalue weighted by Crippen LogP contribution is -2.45. The number of carbonyl (C=O) groups is 3. The molecule has 10 heteroatoms. The second kappa shape index (κ2) is 8.94. The van der Waals surface area contributed by atoms with Gasteiger partial charge in [-0.25, -0.2) is 13.2 Å². The van der Waals surface area contributed by atoms with Gasteiger partial charge in [0.2, 0.25) is 5.91 Å². The Hall–Kier alpha value is -2.49. The fourth-order valence-corrected chi connectivity index (χ4v) is 4.30. The first-order valence-corrected chi connectivity index (χ1v) is 10.4. The molecule has 1 aromatic heterocycles. The van der Waals surface area contributed by atoms with E-state index in [1.807, 2.05) is 0 Å². The monoisotopic (exact) mass is 397 g/mol. The van der Waals surface area contributed by atoms with Crippen LogP contribution in [-0.2, 0) is 24.2 Å². The van der Waals surface area contributed by atoms with Crippen molar-refractivity contribution in [3.05, 3.63) is 29.6 Å². The number of rotatable bonds is 7. The van der Waals surface area contributed by atoms with E-state index in [1.165, 1.54) is 11.1 Å². The highest BCUT2D eigenvalue weighted by Crippen LogP contribution is 2.11. The number of likely N-dealkylation sites (N-methyl/N-ethyl adjacent to an activating group) is 1. The van der Waals surface area contributed by atoms with Gasteiger partial charge in [0.1, 0.15) is 0 Å². The molecule has 0 saturated carbocycles. The number of hydrogen-bond donors (Lipinski definition) is 1. The number of nitrogens with one attached hydrogen (secondary N) is 1. The van der Waals surface area contributed by atoms with Crippen LogP contribution in [0.15, 0.2) is 18.3 Å². The van der Waals surface area contributed by atoms with Crippen molar-refractivity contribution in [2.45, 2.75) is 26.3 Å². The summed E-state index contributed by atoms with van der Waals surface area (Å²) in [7, 11) is -3.10. The molecule has 2 heterocycles. The van der Waals surface area contributed by atoms with Gasteiger partial charge in [-0.1, -0.05) is 0 Å². The molecule has 0 spiro atoms. The molecule has 1 aliphatic heterocycles. The molecule has 1 aliphatic rings. The Kier molecular flexibility index (Phi) is 6.89. The molecule has 1 N–H and O–H groups in total. The maximum atomic E-state index is 12.2. The average molecular weight is 397 g/mol. The summed E-state index contributed by atoms with van der Waals surface area (Å²) in [6.07, 6.45) is 1.74. The fraction of sp³-hybridized carbons (Fsp3) is 0.529. The number of ether oxygens (including phenoxy) is 1. The molecule has 0 bridgehead atoms. The second-order valence-electron chi connectivity index (χ2n) is 6.34. The first-order valence-electron chi connectivity index (χ1n) is 8.57. The van der Waals surface area contributed by atoms with E-state index in [1.54, 1.807) is 26.0 Å². The molecule has 9 nitrogen and oxygen atoms in total. The van der Waals surface area contributed by atoms with Crippen molar-refractivity contribution in [2.75, 3.05) is 31.2 Å². The molecule has 27 heavy (non-hydrogen) atoms. The van der Waals surface area contributed by atoms with Gasteiger partial charge in [-0.05, 0) is 32.4 Å². The van der Waals surface area contributed by atoms with Gasteiger partial charge in [0.25, 0.3) is 5.91 Å². The van der Waals surface area contributed by atoms with Crippen molar-refractivity contribution in [1.29, 1.82) is 0 Å². The SMILES string of the molecule is CCN(CC(=O)N[C@H]1CCS(=O)(=O)C1)C(=O)COC(=O)c1ccc(C)nc1. The second-order valence-corrected chi connectivity index (χ2v) is 8.57. The van der Waals surface area contributed by atoms with Gasteiger partial charge in [0.05, 0.1) is 23.6 Å². The van der Waals surface area contributed by atoms with Crippen molar-refractivity contribution < 1.29 is 27.5 Å². The number of pyridine rings is 1. The summed E-state index contributed by atoms with van der Waals surface area (Å²) in [5.41, 5.74) is 0.984. The zero-order valence-corrected chi connectivity index (χ0v) is 16.1.